The number of phenols is 1. The maximum Gasteiger partial charge on any atom is 0.293 e. The molecule has 0 spiro atoms. The Morgan fingerprint density at radius 3 is 2.36 bits per heavy atom. The highest BCUT2D eigenvalue weighted by atomic mass is 79.9. The SMILES string of the molecule is [2H]Oc1c(Br)cc(C#N)cc1Br. The molecule has 0 atom stereocenters. The van der Waals surface area contributed by atoms with Crippen LogP contribution in [0.4, 0.5) is 0 Å². The largest absolute Gasteiger partial charge is 0.506 e. The van der Waals surface area contributed by atoms with Crippen molar-refractivity contribution in [3.05, 3.63) is 26.6 Å². The first kappa shape index (κ1) is 7.14. The third-order valence-corrected chi connectivity index (χ3v) is 2.31. The lowest BCUT2D eigenvalue weighted by atomic mass is 10.2. The minimum Gasteiger partial charge on any atom is -0.506 e. The Labute approximate surface area is 82.2 Å². The summed E-state index contributed by atoms with van der Waals surface area (Å²) in [6.07, 6.45) is 0. The van der Waals surface area contributed by atoms with Crippen LogP contribution in [0.15, 0.2) is 21.1 Å². The summed E-state index contributed by atoms with van der Waals surface area (Å²) in [5.41, 5.74) is 0.509. The van der Waals surface area contributed by atoms with Crippen molar-refractivity contribution >= 4 is 31.9 Å². The molecule has 0 heterocycles. The van der Waals surface area contributed by atoms with E-state index in [4.69, 9.17) is 6.69 Å². The van der Waals surface area contributed by atoms with Gasteiger partial charge in [0.05, 0.1) is 20.6 Å². The van der Waals surface area contributed by atoms with Crippen molar-refractivity contribution < 1.29 is 5.11 Å². The molecule has 0 fully saturated rings. The van der Waals surface area contributed by atoms with Crippen molar-refractivity contribution in [2.75, 3.05) is 0 Å². The molecule has 0 saturated carbocycles. The van der Waals surface area contributed by atoms with E-state index in [1.54, 1.807) is 12.1 Å². The van der Waals surface area contributed by atoms with Crippen molar-refractivity contribution in [1.29, 1.82) is 6.69 Å². The average molecular weight is 278 g/mol. The van der Waals surface area contributed by atoms with Gasteiger partial charge in [-0.3, -0.25) is 0 Å². The number of hydrogen-bond donors (Lipinski definition) is 1. The van der Waals surface area contributed by atoms with Crippen LogP contribution < -0.4 is 0 Å². The Bertz CT molecular complexity index is 325. The Morgan fingerprint density at radius 1 is 1.45 bits per heavy atom. The summed E-state index contributed by atoms with van der Waals surface area (Å²) in [7, 11) is 0. The van der Waals surface area contributed by atoms with Gasteiger partial charge in [0.15, 0.2) is 0 Å². The van der Waals surface area contributed by atoms with Crippen LogP contribution in [-0.2, 0) is 0 Å². The van der Waals surface area contributed by atoms with Gasteiger partial charge in [0.1, 0.15) is 5.75 Å². The fraction of sp³-hybridized carbons (Fsp3) is 0. The van der Waals surface area contributed by atoms with E-state index in [0.29, 0.717) is 20.3 Å². The fourth-order valence-corrected chi connectivity index (χ4v) is 1.81. The number of benzene rings is 1. The van der Waals surface area contributed by atoms with E-state index >= 15 is 0 Å². The number of halogens is 2. The van der Waals surface area contributed by atoms with E-state index in [0.717, 1.165) is 0 Å². The molecule has 56 valence electrons. The molecule has 11 heavy (non-hydrogen) atoms. The van der Waals surface area contributed by atoms with Crippen molar-refractivity contribution in [3.8, 4) is 11.8 Å². The second-order valence-corrected chi connectivity index (χ2v) is 3.59. The molecule has 0 aromatic heterocycles. The highest BCUT2D eigenvalue weighted by Crippen LogP contribution is 2.32. The zero-order chi connectivity index (χ0) is 9.14. The molecule has 1 N–H and O–H groups in total. The Balaban J connectivity index is 3.30. The minimum absolute atomic E-state index is 0.369. The summed E-state index contributed by atoms with van der Waals surface area (Å²) in [5, 5.41) is 12.9. The standard InChI is InChI=1S/C7H3Br2NO/c8-5-1-4(3-10)2-6(9)7(5)11/h1-2,11H/i/hD. The lowest BCUT2D eigenvalue weighted by molar-refractivity contribution is 0.468. The van der Waals surface area contributed by atoms with Gasteiger partial charge in [-0.2, -0.15) is 5.26 Å². The van der Waals surface area contributed by atoms with E-state index < -0.39 is 0 Å². The zero-order valence-corrected chi connectivity index (χ0v) is 8.44. The minimum atomic E-state index is 0.369. The number of nitriles is 1. The molecule has 0 amide bonds. The Morgan fingerprint density at radius 2 is 2.00 bits per heavy atom. The van der Waals surface area contributed by atoms with E-state index in [-0.39, 0.29) is 0 Å². The number of phenolic OH excluding ortho intramolecular Hbond substituents is 1. The first-order chi connectivity index (χ1) is 5.69. The van der Waals surface area contributed by atoms with Crippen LogP contribution in [0.3, 0.4) is 0 Å². The fourth-order valence-electron chi connectivity index (χ4n) is 0.624. The van der Waals surface area contributed by atoms with Crippen LogP contribution in [0.5, 0.6) is 5.75 Å². The summed E-state index contributed by atoms with van der Waals surface area (Å²) < 4.78 is 7.88. The number of rotatable bonds is 1. The highest BCUT2D eigenvalue weighted by molar-refractivity contribution is 9.11. The second-order valence-electron chi connectivity index (χ2n) is 1.88. The molecule has 0 aliphatic heterocycles. The van der Waals surface area contributed by atoms with Gasteiger partial charge in [-0.25, -0.2) is 0 Å². The normalized spacial score (nSPS) is 10.1. The highest BCUT2D eigenvalue weighted by Gasteiger charge is 2.04. The molecule has 0 saturated heterocycles. The smallest absolute Gasteiger partial charge is 0.293 e. The molecule has 1 aromatic carbocycles. The van der Waals surface area contributed by atoms with Crippen LogP contribution in [-0.4, -0.2) is 6.54 Å². The summed E-state index contributed by atoms with van der Waals surface area (Å²) in [6.45, 7) is 0. The quantitative estimate of drug-likeness (QED) is 0.858. The molecule has 0 radical (unpaired) electrons. The summed E-state index contributed by atoms with van der Waals surface area (Å²) in [4.78, 5) is 0. The molecular weight excluding hydrogens is 274 g/mol. The van der Waals surface area contributed by atoms with Gasteiger partial charge in [-0.15, -0.1) is 0 Å². The molecule has 4 heteroatoms. The van der Waals surface area contributed by atoms with E-state index in [1.807, 2.05) is 6.07 Å². The molecule has 0 aliphatic rings. The Hall–Kier alpha value is -0.530. The van der Waals surface area contributed by atoms with Crippen LogP contribution in [0, 0.1) is 11.3 Å². The van der Waals surface area contributed by atoms with Gasteiger partial charge in [0, 0.05) is 0 Å². The topological polar surface area (TPSA) is 44.0 Å². The number of nitrogens with zero attached hydrogens (tertiary/aromatic N) is 1. The summed E-state index contributed by atoms with van der Waals surface area (Å²) in [6, 6.07) is 5.17. The lowest BCUT2D eigenvalue weighted by Gasteiger charge is -1.99. The third kappa shape index (κ3) is 1.73. The first-order valence-corrected chi connectivity index (χ1v) is 4.30. The maximum atomic E-state index is 8.57. The second kappa shape index (κ2) is 3.24. The average Bonchev–Trinajstić information content (AvgIpc) is 2.03. The molecule has 2 nitrogen and oxygen atoms in total. The molecule has 1 aromatic rings. The van der Waals surface area contributed by atoms with Gasteiger partial charge in [-0.05, 0) is 44.0 Å². The van der Waals surface area contributed by atoms with E-state index in [9.17, 15) is 0 Å². The summed E-state index contributed by atoms with van der Waals surface area (Å²) in [5.74, 6) is 0.369. The van der Waals surface area contributed by atoms with Crippen LogP contribution in [0.25, 0.3) is 0 Å². The molecule has 1 rings (SSSR count). The zero-order valence-electron chi connectivity index (χ0n) is 6.27. The van der Waals surface area contributed by atoms with Crippen LogP contribution >= 0.6 is 31.9 Å². The van der Waals surface area contributed by atoms with Crippen LogP contribution in [0.1, 0.15) is 5.56 Å². The Kier molecular flexibility index (Phi) is 2.11. The van der Waals surface area contributed by atoms with Gasteiger partial charge in [0.2, 0.25) is 0 Å². The van der Waals surface area contributed by atoms with Gasteiger partial charge < -0.3 is 5.11 Å². The van der Waals surface area contributed by atoms with Gasteiger partial charge >= 0.3 is 0 Å². The molecule has 0 bridgehead atoms. The molecular formula is C7H3Br2NO. The summed E-state index contributed by atoms with van der Waals surface area (Å²) >= 11 is 6.35. The molecule has 0 aliphatic carbocycles. The lowest BCUT2D eigenvalue weighted by Crippen LogP contribution is -1.76. The monoisotopic (exact) mass is 276 g/mol. The number of aromatic hydroxyl groups is 1. The van der Waals surface area contributed by atoms with Crippen molar-refractivity contribution in [2.45, 2.75) is 0 Å². The van der Waals surface area contributed by atoms with Crippen molar-refractivity contribution in [1.82, 2.24) is 0 Å². The predicted octanol–water partition coefficient (Wildman–Crippen LogP) is 2.79. The van der Waals surface area contributed by atoms with E-state index in [1.165, 1.54) is 0 Å². The van der Waals surface area contributed by atoms with Crippen LogP contribution in [0.2, 0.25) is 0 Å². The van der Waals surface area contributed by atoms with E-state index in [2.05, 4.69) is 37.0 Å². The van der Waals surface area contributed by atoms with Gasteiger partial charge in [-0.1, -0.05) is 0 Å². The number of hydrogen-bond acceptors (Lipinski definition) is 2. The van der Waals surface area contributed by atoms with Crippen molar-refractivity contribution in [2.24, 2.45) is 0 Å². The maximum absolute atomic E-state index is 8.57. The van der Waals surface area contributed by atoms with Crippen molar-refractivity contribution in [3.63, 3.8) is 0 Å². The first-order valence-electron chi connectivity index (χ1n) is 3.12. The predicted molar refractivity (Wildman–Crippen MR) is 48.2 cm³/mol. The molecule has 0 unspecified atom stereocenters. The van der Waals surface area contributed by atoms with Gasteiger partial charge in [0.25, 0.3) is 1.43 Å². The third-order valence-electron chi connectivity index (χ3n) is 1.13.